The summed E-state index contributed by atoms with van der Waals surface area (Å²) in [7, 11) is -2.23. The topological polar surface area (TPSA) is 35.5 Å². The van der Waals surface area contributed by atoms with E-state index < -0.39 is 8.25 Å². The van der Waals surface area contributed by atoms with Gasteiger partial charge < -0.3 is 9.05 Å². The summed E-state index contributed by atoms with van der Waals surface area (Å²) in [5.74, 6) is 0. The molecule has 0 aromatic heterocycles. The van der Waals surface area contributed by atoms with Gasteiger partial charge in [0.1, 0.15) is 0 Å². The van der Waals surface area contributed by atoms with Crippen molar-refractivity contribution in [2.45, 2.75) is 12.8 Å². The summed E-state index contributed by atoms with van der Waals surface area (Å²) < 4.78 is 20.7. The van der Waals surface area contributed by atoms with Crippen LogP contribution in [0.3, 0.4) is 0 Å². The third-order valence-corrected chi connectivity index (χ3v) is 3.00. The molecule has 74 valence electrons. The van der Waals surface area contributed by atoms with Crippen LogP contribution in [0.4, 0.5) is 0 Å². The maximum Gasteiger partial charge on any atom is 0.319 e. The Balaban J connectivity index is 3.10. The molecule has 0 saturated heterocycles. The molecule has 0 spiro atoms. The fraction of sp³-hybridized carbons (Fsp3) is 1.00. The first kappa shape index (κ1) is 13.1. The van der Waals surface area contributed by atoms with Gasteiger partial charge in [0.05, 0.1) is 13.2 Å². The lowest BCUT2D eigenvalue weighted by Crippen LogP contribution is -1.92. The summed E-state index contributed by atoms with van der Waals surface area (Å²) >= 11 is 6.49. The van der Waals surface area contributed by atoms with Gasteiger partial charge in [-0.15, -0.1) is 0 Å². The lowest BCUT2D eigenvalue weighted by atomic mass is 10.5. The zero-order valence-electron chi connectivity index (χ0n) is 6.72. The minimum Gasteiger partial charge on any atom is -0.311 e. The highest BCUT2D eigenvalue weighted by Gasteiger charge is 1.97. The molecule has 0 aromatic carbocycles. The predicted octanol–water partition coefficient (Wildman–Crippen LogP) is 2.98. The Morgan fingerprint density at radius 3 is 1.75 bits per heavy atom. The molecule has 0 saturated carbocycles. The molecule has 0 aliphatic rings. The van der Waals surface area contributed by atoms with E-state index in [9.17, 15) is 4.57 Å². The maximum atomic E-state index is 10.9. The van der Waals surface area contributed by atoms with Crippen LogP contribution < -0.4 is 0 Å². The highest BCUT2D eigenvalue weighted by atomic mass is 79.9. The molecule has 0 amide bonds. The molecule has 12 heavy (non-hydrogen) atoms. The van der Waals surface area contributed by atoms with Crippen molar-refractivity contribution in [3.8, 4) is 0 Å². The molecule has 0 atom stereocenters. The zero-order chi connectivity index (χ0) is 9.23. The summed E-state index contributed by atoms with van der Waals surface area (Å²) in [6.07, 6.45) is 1.72. The van der Waals surface area contributed by atoms with Crippen LogP contribution >= 0.6 is 40.1 Å². The fourth-order valence-corrected chi connectivity index (χ4v) is 1.62. The van der Waals surface area contributed by atoms with Gasteiger partial charge in [0.25, 0.3) is 0 Å². The molecule has 0 bridgehead atoms. The normalized spacial score (nSPS) is 10.9. The van der Waals surface area contributed by atoms with Gasteiger partial charge in [0.15, 0.2) is 0 Å². The lowest BCUT2D eigenvalue weighted by molar-refractivity contribution is 0.227. The van der Waals surface area contributed by atoms with Crippen LogP contribution in [-0.4, -0.2) is 23.9 Å². The van der Waals surface area contributed by atoms with E-state index in [1.54, 1.807) is 0 Å². The van der Waals surface area contributed by atoms with Crippen molar-refractivity contribution in [2.75, 3.05) is 23.9 Å². The van der Waals surface area contributed by atoms with Crippen molar-refractivity contribution in [1.82, 2.24) is 0 Å². The van der Waals surface area contributed by atoms with Gasteiger partial charge in [0.2, 0.25) is 0 Å². The molecule has 0 aromatic rings. The molecule has 0 radical (unpaired) electrons. The minimum atomic E-state index is -2.23. The maximum absolute atomic E-state index is 10.9. The SMILES string of the molecule is O=[PH](OCCCBr)OCCCBr. The lowest BCUT2D eigenvalue weighted by Gasteiger charge is -2.03. The van der Waals surface area contributed by atoms with Gasteiger partial charge in [-0.05, 0) is 12.8 Å². The first-order chi connectivity index (χ1) is 5.81. The van der Waals surface area contributed by atoms with E-state index in [1.807, 2.05) is 0 Å². The minimum absolute atomic E-state index is 0.497. The molecule has 0 rings (SSSR count). The van der Waals surface area contributed by atoms with Gasteiger partial charge in [-0.3, -0.25) is 4.57 Å². The predicted molar refractivity (Wildman–Crippen MR) is 57.7 cm³/mol. The molecule has 0 aliphatic heterocycles. The molecule has 6 heteroatoms. The van der Waals surface area contributed by atoms with E-state index in [-0.39, 0.29) is 0 Å². The summed E-state index contributed by atoms with van der Waals surface area (Å²) in [5, 5.41) is 1.73. The van der Waals surface area contributed by atoms with Crippen LogP contribution in [0, 0.1) is 0 Å². The van der Waals surface area contributed by atoms with Gasteiger partial charge in [-0.1, -0.05) is 31.9 Å². The second-order valence-corrected chi connectivity index (χ2v) is 4.70. The van der Waals surface area contributed by atoms with Crippen LogP contribution in [0.1, 0.15) is 12.8 Å². The highest BCUT2D eigenvalue weighted by molar-refractivity contribution is 9.09. The molecule has 0 aliphatic carbocycles. The number of alkyl halides is 2. The molecule has 0 fully saturated rings. The highest BCUT2D eigenvalue weighted by Crippen LogP contribution is 2.23. The molecule has 0 unspecified atom stereocenters. The standard InChI is InChI=1S/C6H13Br2O3P/c7-3-1-5-10-12(9)11-6-2-4-8/h12H,1-6H2. The summed E-state index contributed by atoms with van der Waals surface area (Å²) in [6.45, 7) is 0.995. The Morgan fingerprint density at radius 1 is 1.00 bits per heavy atom. The Hall–Kier alpha value is 1.11. The average molecular weight is 324 g/mol. The second-order valence-electron chi connectivity index (χ2n) is 2.03. The van der Waals surface area contributed by atoms with E-state index in [0.29, 0.717) is 13.2 Å². The third kappa shape index (κ3) is 9.20. The molecule has 0 heterocycles. The van der Waals surface area contributed by atoms with Crippen LogP contribution in [0.5, 0.6) is 0 Å². The zero-order valence-corrected chi connectivity index (χ0v) is 10.9. The van der Waals surface area contributed by atoms with Gasteiger partial charge >= 0.3 is 8.25 Å². The van der Waals surface area contributed by atoms with Crippen LogP contribution in [0.15, 0.2) is 0 Å². The molecular formula is C6H13Br2O3P. The van der Waals surface area contributed by atoms with E-state index >= 15 is 0 Å². The fourth-order valence-electron chi connectivity index (χ4n) is 0.462. The number of hydrogen-bond acceptors (Lipinski definition) is 3. The molecule has 3 nitrogen and oxygen atoms in total. The van der Waals surface area contributed by atoms with Crippen LogP contribution in [-0.2, 0) is 13.6 Å². The Labute approximate surface area is 90.4 Å². The first-order valence-electron chi connectivity index (χ1n) is 3.72. The Morgan fingerprint density at radius 2 is 1.42 bits per heavy atom. The Bertz CT molecular complexity index is 111. The van der Waals surface area contributed by atoms with Crippen LogP contribution in [0.25, 0.3) is 0 Å². The molecule has 0 N–H and O–H groups in total. The van der Waals surface area contributed by atoms with E-state index in [0.717, 1.165) is 23.5 Å². The van der Waals surface area contributed by atoms with E-state index in [1.165, 1.54) is 0 Å². The second kappa shape index (κ2) is 10.2. The van der Waals surface area contributed by atoms with Crippen molar-refractivity contribution in [3.63, 3.8) is 0 Å². The van der Waals surface area contributed by atoms with Gasteiger partial charge in [-0.2, -0.15) is 0 Å². The average Bonchev–Trinajstić information content (AvgIpc) is 2.06. The van der Waals surface area contributed by atoms with Crippen molar-refractivity contribution < 1.29 is 13.6 Å². The monoisotopic (exact) mass is 322 g/mol. The molecular weight excluding hydrogens is 311 g/mol. The quantitative estimate of drug-likeness (QED) is 0.391. The summed E-state index contributed by atoms with van der Waals surface area (Å²) in [5.41, 5.74) is 0. The first-order valence-corrected chi connectivity index (χ1v) is 7.19. The van der Waals surface area contributed by atoms with Gasteiger partial charge in [0, 0.05) is 10.7 Å². The van der Waals surface area contributed by atoms with Crippen molar-refractivity contribution in [3.05, 3.63) is 0 Å². The van der Waals surface area contributed by atoms with E-state index in [4.69, 9.17) is 9.05 Å². The van der Waals surface area contributed by atoms with Gasteiger partial charge in [-0.25, -0.2) is 0 Å². The van der Waals surface area contributed by atoms with Crippen LogP contribution in [0.2, 0.25) is 0 Å². The van der Waals surface area contributed by atoms with Crippen molar-refractivity contribution >= 4 is 40.1 Å². The number of rotatable bonds is 8. The number of halogens is 2. The smallest absolute Gasteiger partial charge is 0.311 e. The van der Waals surface area contributed by atoms with Crippen molar-refractivity contribution in [2.24, 2.45) is 0 Å². The van der Waals surface area contributed by atoms with Crippen molar-refractivity contribution in [1.29, 1.82) is 0 Å². The number of hydrogen-bond donors (Lipinski definition) is 0. The van der Waals surface area contributed by atoms with E-state index in [2.05, 4.69) is 31.9 Å². The summed E-state index contributed by atoms with van der Waals surface area (Å²) in [6, 6.07) is 0. The largest absolute Gasteiger partial charge is 0.319 e. The summed E-state index contributed by atoms with van der Waals surface area (Å²) in [4.78, 5) is 0. The Kier molecular flexibility index (Phi) is 11.1. The third-order valence-electron chi connectivity index (χ3n) is 0.996.